The highest BCUT2D eigenvalue weighted by atomic mass is 19.4. The average molecular weight is 303 g/mol. The van der Waals surface area contributed by atoms with E-state index in [9.17, 15) is 13.2 Å². The summed E-state index contributed by atoms with van der Waals surface area (Å²) in [6, 6.07) is 1.01. The van der Waals surface area contributed by atoms with Gasteiger partial charge in [-0.05, 0) is 33.8 Å². The Balaban J connectivity index is 2.41. The lowest BCUT2D eigenvalue weighted by Crippen LogP contribution is -2.57. The van der Waals surface area contributed by atoms with Crippen LogP contribution < -0.4 is 10.6 Å². The summed E-state index contributed by atoms with van der Waals surface area (Å²) in [5, 5.41) is 0. The van der Waals surface area contributed by atoms with E-state index in [2.05, 4.69) is 4.98 Å². The molecule has 21 heavy (non-hydrogen) atoms. The summed E-state index contributed by atoms with van der Waals surface area (Å²) in [6.45, 7) is 8.54. The number of aromatic nitrogens is 1. The first kappa shape index (κ1) is 15.9. The van der Waals surface area contributed by atoms with Crippen LogP contribution >= 0.6 is 0 Å². The molecule has 1 aliphatic heterocycles. The molecule has 1 saturated heterocycles. The Morgan fingerprint density at radius 3 is 2.19 bits per heavy atom. The number of halogens is 3. The molecule has 1 aromatic rings. The minimum absolute atomic E-state index is 0.233. The Hall–Kier alpha value is -1.50. The van der Waals surface area contributed by atoms with Crippen LogP contribution in [0.25, 0.3) is 0 Å². The van der Waals surface area contributed by atoms with Crippen LogP contribution in [0, 0.1) is 0 Å². The van der Waals surface area contributed by atoms with E-state index >= 15 is 0 Å². The summed E-state index contributed by atoms with van der Waals surface area (Å²) in [7, 11) is 0. The second-order valence-electron chi connectivity index (χ2n) is 6.60. The molecular formula is C14H20F3N3O. The first-order valence-electron chi connectivity index (χ1n) is 6.67. The van der Waals surface area contributed by atoms with Crippen molar-refractivity contribution in [2.45, 2.75) is 45.1 Å². The molecule has 2 heterocycles. The van der Waals surface area contributed by atoms with Gasteiger partial charge in [-0.15, -0.1) is 0 Å². The number of hydrogen-bond donors (Lipinski definition) is 1. The smallest absolute Gasteiger partial charge is 0.396 e. The maximum Gasteiger partial charge on any atom is 0.433 e. The lowest BCUT2D eigenvalue weighted by Gasteiger charge is -2.48. The number of ether oxygens (including phenoxy) is 1. The predicted octanol–water partition coefficient (Wildman–Crippen LogP) is 3.08. The molecule has 0 saturated carbocycles. The number of anilines is 2. The van der Waals surface area contributed by atoms with E-state index in [1.54, 1.807) is 0 Å². The second-order valence-corrected chi connectivity index (χ2v) is 6.60. The fraction of sp³-hybridized carbons (Fsp3) is 0.643. The molecule has 4 nitrogen and oxygen atoms in total. The van der Waals surface area contributed by atoms with Gasteiger partial charge < -0.3 is 15.4 Å². The van der Waals surface area contributed by atoms with Gasteiger partial charge in [0.1, 0.15) is 5.69 Å². The fourth-order valence-electron chi connectivity index (χ4n) is 2.84. The third-order valence-electron chi connectivity index (χ3n) is 3.24. The van der Waals surface area contributed by atoms with Gasteiger partial charge in [-0.2, -0.15) is 13.2 Å². The van der Waals surface area contributed by atoms with E-state index in [-0.39, 0.29) is 5.69 Å². The zero-order valence-corrected chi connectivity index (χ0v) is 12.6. The van der Waals surface area contributed by atoms with Crippen LogP contribution in [0.1, 0.15) is 33.4 Å². The number of nitrogen functional groups attached to an aromatic ring is 1. The van der Waals surface area contributed by atoms with Crippen molar-refractivity contribution in [2.24, 2.45) is 0 Å². The van der Waals surface area contributed by atoms with Crippen molar-refractivity contribution in [2.75, 3.05) is 23.7 Å². The molecule has 0 spiro atoms. The highest BCUT2D eigenvalue weighted by Crippen LogP contribution is 2.36. The molecular weight excluding hydrogens is 283 g/mol. The molecule has 2 N–H and O–H groups in total. The Morgan fingerprint density at radius 1 is 1.19 bits per heavy atom. The molecule has 1 aromatic heterocycles. The van der Waals surface area contributed by atoms with Gasteiger partial charge in [0.05, 0.1) is 28.8 Å². The van der Waals surface area contributed by atoms with Gasteiger partial charge in [0.15, 0.2) is 0 Å². The number of nitrogens with zero attached hydrogens (tertiary/aromatic N) is 2. The van der Waals surface area contributed by atoms with Crippen LogP contribution in [0.3, 0.4) is 0 Å². The van der Waals surface area contributed by atoms with Gasteiger partial charge >= 0.3 is 6.18 Å². The molecule has 0 unspecified atom stereocenters. The van der Waals surface area contributed by atoms with E-state index in [0.29, 0.717) is 18.8 Å². The number of hydrogen-bond acceptors (Lipinski definition) is 4. The fourth-order valence-corrected chi connectivity index (χ4v) is 2.84. The van der Waals surface area contributed by atoms with Gasteiger partial charge in [0.25, 0.3) is 0 Å². The van der Waals surface area contributed by atoms with Gasteiger partial charge in [0, 0.05) is 13.1 Å². The number of rotatable bonds is 1. The molecule has 7 heteroatoms. The highest BCUT2D eigenvalue weighted by Gasteiger charge is 2.40. The molecule has 0 bridgehead atoms. The lowest BCUT2D eigenvalue weighted by molar-refractivity contribution is -0.141. The summed E-state index contributed by atoms with van der Waals surface area (Å²) in [6.07, 6.45) is -3.42. The Kier molecular flexibility index (Phi) is 3.60. The van der Waals surface area contributed by atoms with Crippen molar-refractivity contribution in [1.82, 2.24) is 4.98 Å². The SMILES string of the molecule is CC1(C)CN(c2cc(C(F)(F)F)ncc2N)CC(C)(C)O1. The second kappa shape index (κ2) is 4.76. The predicted molar refractivity (Wildman–Crippen MR) is 75.1 cm³/mol. The van der Waals surface area contributed by atoms with E-state index in [0.717, 1.165) is 12.3 Å². The quantitative estimate of drug-likeness (QED) is 0.866. The third-order valence-corrected chi connectivity index (χ3v) is 3.24. The maximum atomic E-state index is 12.8. The van der Waals surface area contributed by atoms with Crippen LogP contribution in [0.15, 0.2) is 12.3 Å². The van der Waals surface area contributed by atoms with Crippen LogP contribution in [0.4, 0.5) is 24.5 Å². The molecule has 118 valence electrons. The van der Waals surface area contributed by atoms with Crippen LogP contribution in [0.5, 0.6) is 0 Å². The zero-order valence-electron chi connectivity index (χ0n) is 12.6. The summed E-state index contributed by atoms with van der Waals surface area (Å²) in [5.74, 6) is 0. The van der Waals surface area contributed by atoms with Gasteiger partial charge in [-0.1, -0.05) is 0 Å². The zero-order chi connectivity index (χ0) is 16.1. The minimum Gasteiger partial charge on any atom is -0.396 e. The van der Waals surface area contributed by atoms with Gasteiger partial charge in [0.2, 0.25) is 0 Å². The molecule has 1 fully saturated rings. The van der Waals surface area contributed by atoms with E-state index in [4.69, 9.17) is 10.5 Å². The number of morpholine rings is 1. The van der Waals surface area contributed by atoms with Gasteiger partial charge in [-0.25, -0.2) is 4.98 Å². The molecule has 0 aliphatic carbocycles. The summed E-state index contributed by atoms with van der Waals surface area (Å²) in [4.78, 5) is 5.20. The van der Waals surface area contributed by atoms with Crippen molar-refractivity contribution in [3.8, 4) is 0 Å². The summed E-state index contributed by atoms with van der Waals surface area (Å²) < 4.78 is 44.4. The van der Waals surface area contributed by atoms with Crippen molar-refractivity contribution in [3.05, 3.63) is 18.0 Å². The minimum atomic E-state index is -4.49. The standard InChI is InChI=1S/C14H20F3N3O/c1-12(2)7-20(8-13(3,4)21-12)10-5-11(14(15,16)17)19-6-9(10)18/h5-6H,7-8,18H2,1-4H3. The first-order chi connectivity index (χ1) is 9.40. The van der Waals surface area contributed by atoms with E-state index in [1.165, 1.54) is 0 Å². The van der Waals surface area contributed by atoms with Crippen molar-refractivity contribution < 1.29 is 17.9 Å². The number of nitrogens with two attached hydrogens (primary N) is 1. The maximum absolute atomic E-state index is 12.8. The molecule has 0 amide bonds. The number of pyridine rings is 1. The largest absolute Gasteiger partial charge is 0.433 e. The van der Waals surface area contributed by atoms with E-state index < -0.39 is 23.1 Å². The monoisotopic (exact) mass is 303 g/mol. The van der Waals surface area contributed by atoms with Crippen LogP contribution in [0.2, 0.25) is 0 Å². The Labute approximate surface area is 122 Å². The van der Waals surface area contributed by atoms with Crippen LogP contribution in [-0.4, -0.2) is 29.3 Å². The van der Waals surface area contributed by atoms with Crippen molar-refractivity contribution >= 4 is 11.4 Å². The lowest BCUT2D eigenvalue weighted by atomic mass is 9.98. The van der Waals surface area contributed by atoms with Crippen molar-refractivity contribution in [1.29, 1.82) is 0 Å². The van der Waals surface area contributed by atoms with Crippen molar-refractivity contribution in [3.63, 3.8) is 0 Å². The van der Waals surface area contributed by atoms with E-state index in [1.807, 2.05) is 32.6 Å². The Morgan fingerprint density at radius 2 is 1.71 bits per heavy atom. The molecule has 0 aromatic carbocycles. The first-order valence-corrected chi connectivity index (χ1v) is 6.67. The number of alkyl halides is 3. The molecule has 0 radical (unpaired) electrons. The van der Waals surface area contributed by atoms with Gasteiger partial charge in [-0.3, -0.25) is 0 Å². The summed E-state index contributed by atoms with van der Waals surface area (Å²) >= 11 is 0. The topological polar surface area (TPSA) is 51.4 Å². The summed E-state index contributed by atoms with van der Waals surface area (Å²) in [5.41, 5.74) is 4.52. The molecule has 1 aliphatic rings. The average Bonchev–Trinajstić information content (AvgIpc) is 2.23. The highest BCUT2D eigenvalue weighted by molar-refractivity contribution is 5.67. The normalized spacial score (nSPS) is 21.4. The third kappa shape index (κ3) is 3.58. The van der Waals surface area contributed by atoms with Crippen LogP contribution in [-0.2, 0) is 10.9 Å². The molecule has 2 rings (SSSR count). The Bertz CT molecular complexity index is 525. The molecule has 0 atom stereocenters.